The molecule has 7 nitrogen and oxygen atoms in total. The number of carbonyl (C=O) groups excluding carboxylic acids is 3. The van der Waals surface area contributed by atoms with Crippen molar-refractivity contribution < 1.29 is 19.1 Å². The fourth-order valence-corrected chi connectivity index (χ4v) is 3.46. The highest BCUT2D eigenvalue weighted by Crippen LogP contribution is 2.23. The van der Waals surface area contributed by atoms with Gasteiger partial charge in [-0.3, -0.25) is 14.6 Å². The molecule has 3 aromatic rings. The van der Waals surface area contributed by atoms with Crippen molar-refractivity contribution in [1.82, 2.24) is 10.3 Å². The summed E-state index contributed by atoms with van der Waals surface area (Å²) in [6.45, 7) is 6.64. The van der Waals surface area contributed by atoms with Crippen LogP contribution >= 0.6 is 0 Å². The van der Waals surface area contributed by atoms with Crippen LogP contribution in [0.5, 0.6) is 0 Å². The number of benzene rings is 2. The number of nitrogens with one attached hydrogen (secondary N) is 2. The number of pyridine rings is 1. The fourth-order valence-electron chi connectivity index (χ4n) is 3.46. The zero-order chi connectivity index (χ0) is 22.5. The van der Waals surface area contributed by atoms with E-state index in [1.807, 2.05) is 63.2 Å². The number of hydrogen-bond acceptors (Lipinski definition) is 5. The summed E-state index contributed by atoms with van der Waals surface area (Å²) in [5.41, 5.74) is 5.02. The van der Waals surface area contributed by atoms with Crippen molar-refractivity contribution in [3.8, 4) is 0 Å². The van der Waals surface area contributed by atoms with Gasteiger partial charge in [-0.25, -0.2) is 4.79 Å². The molecular formula is C24H25N3O4. The molecule has 0 fully saturated rings. The van der Waals surface area contributed by atoms with Crippen LogP contribution in [-0.2, 0) is 14.3 Å². The molecular weight excluding hydrogens is 394 g/mol. The first-order valence-electron chi connectivity index (χ1n) is 9.93. The highest BCUT2D eigenvalue weighted by Gasteiger charge is 2.19. The van der Waals surface area contributed by atoms with Crippen molar-refractivity contribution >= 4 is 34.4 Å². The second-order valence-electron chi connectivity index (χ2n) is 7.38. The summed E-state index contributed by atoms with van der Waals surface area (Å²) in [6.07, 6.45) is 0. The van der Waals surface area contributed by atoms with Crippen LogP contribution in [0, 0.1) is 27.7 Å². The largest absolute Gasteiger partial charge is 0.452 e. The maximum Gasteiger partial charge on any atom is 0.340 e. The minimum atomic E-state index is -0.622. The highest BCUT2D eigenvalue weighted by atomic mass is 16.5. The Morgan fingerprint density at radius 3 is 2.29 bits per heavy atom. The predicted octanol–water partition coefficient (Wildman–Crippen LogP) is 3.38. The van der Waals surface area contributed by atoms with Crippen molar-refractivity contribution in [2.24, 2.45) is 0 Å². The number of esters is 1. The summed E-state index contributed by atoms with van der Waals surface area (Å²) in [6, 6.07) is 13.2. The number of fused-ring (bicyclic) bond motifs is 1. The van der Waals surface area contributed by atoms with Crippen LogP contribution in [0.4, 0.5) is 5.69 Å². The minimum Gasteiger partial charge on any atom is -0.452 e. The van der Waals surface area contributed by atoms with E-state index in [0.717, 1.165) is 33.3 Å². The van der Waals surface area contributed by atoms with Crippen LogP contribution in [-0.4, -0.2) is 35.9 Å². The lowest BCUT2D eigenvalue weighted by Gasteiger charge is -2.13. The SMILES string of the molecule is Cc1cccc(C)c1NC(=O)CNC(=O)COC(=O)c1c(C)nc2ccccc2c1C. The van der Waals surface area contributed by atoms with Crippen LogP contribution < -0.4 is 10.6 Å². The molecule has 0 saturated carbocycles. The molecule has 0 aliphatic carbocycles. The van der Waals surface area contributed by atoms with E-state index in [0.29, 0.717) is 11.3 Å². The number of ether oxygens (including phenoxy) is 1. The number of amides is 2. The van der Waals surface area contributed by atoms with Crippen LogP contribution in [0.25, 0.3) is 10.9 Å². The monoisotopic (exact) mass is 419 g/mol. The Hall–Kier alpha value is -3.74. The first kappa shape index (κ1) is 22.0. The third kappa shape index (κ3) is 5.06. The van der Waals surface area contributed by atoms with Gasteiger partial charge in [-0.1, -0.05) is 36.4 Å². The number of nitrogens with zero attached hydrogens (tertiary/aromatic N) is 1. The topological polar surface area (TPSA) is 97.4 Å². The van der Waals surface area contributed by atoms with Gasteiger partial charge in [0.15, 0.2) is 6.61 Å². The summed E-state index contributed by atoms with van der Waals surface area (Å²) in [5, 5.41) is 6.10. The molecule has 0 radical (unpaired) electrons. The first-order chi connectivity index (χ1) is 14.8. The summed E-state index contributed by atoms with van der Waals surface area (Å²) in [5.74, 6) is -1.54. The van der Waals surface area contributed by atoms with Gasteiger partial charge < -0.3 is 15.4 Å². The van der Waals surface area contributed by atoms with Gasteiger partial charge in [-0.05, 0) is 50.5 Å². The number of carbonyl (C=O) groups is 3. The van der Waals surface area contributed by atoms with E-state index in [2.05, 4.69) is 15.6 Å². The van der Waals surface area contributed by atoms with Gasteiger partial charge in [0.25, 0.3) is 5.91 Å². The number of aromatic nitrogens is 1. The number of rotatable bonds is 6. The van der Waals surface area contributed by atoms with Crippen LogP contribution in [0.3, 0.4) is 0 Å². The van der Waals surface area contributed by atoms with Gasteiger partial charge in [0.1, 0.15) is 0 Å². The van der Waals surface area contributed by atoms with E-state index in [9.17, 15) is 14.4 Å². The molecule has 2 N–H and O–H groups in total. The quantitative estimate of drug-likeness (QED) is 0.597. The number of para-hydroxylation sites is 2. The van der Waals surface area contributed by atoms with Gasteiger partial charge >= 0.3 is 5.97 Å². The Kier molecular flexibility index (Phi) is 6.65. The van der Waals surface area contributed by atoms with Crippen molar-refractivity contribution in [3.63, 3.8) is 0 Å². The van der Waals surface area contributed by atoms with Crippen molar-refractivity contribution in [2.75, 3.05) is 18.5 Å². The van der Waals surface area contributed by atoms with E-state index < -0.39 is 18.5 Å². The van der Waals surface area contributed by atoms with E-state index in [-0.39, 0.29) is 12.5 Å². The number of hydrogen-bond donors (Lipinski definition) is 2. The van der Waals surface area contributed by atoms with Crippen LogP contribution in [0.1, 0.15) is 32.7 Å². The second kappa shape index (κ2) is 9.38. The zero-order valence-corrected chi connectivity index (χ0v) is 18.0. The molecule has 1 aromatic heterocycles. The molecule has 0 atom stereocenters. The molecule has 2 amide bonds. The molecule has 0 bridgehead atoms. The Bertz CT molecular complexity index is 1150. The number of anilines is 1. The molecule has 2 aromatic carbocycles. The third-order valence-corrected chi connectivity index (χ3v) is 5.06. The normalized spacial score (nSPS) is 10.6. The second-order valence-corrected chi connectivity index (χ2v) is 7.38. The fraction of sp³-hybridized carbons (Fsp3) is 0.250. The Labute approximate surface area is 180 Å². The molecule has 3 rings (SSSR count). The molecule has 31 heavy (non-hydrogen) atoms. The maximum absolute atomic E-state index is 12.6. The van der Waals surface area contributed by atoms with Gasteiger partial charge in [0.2, 0.25) is 5.91 Å². The lowest BCUT2D eigenvalue weighted by Crippen LogP contribution is -2.35. The highest BCUT2D eigenvalue weighted by molar-refractivity contribution is 5.99. The molecule has 0 saturated heterocycles. The van der Waals surface area contributed by atoms with Gasteiger partial charge in [-0.2, -0.15) is 0 Å². The third-order valence-electron chi connectivity index (χ3n) is 5.06. The predicted molar refractivity (Wildman–Crippen MR) is 119 cm³/mol. The van der Waals surface area contributed by atoms with E-state index in [1.165, 1.54) is 0 Å². The maximum atomic E-state index is 12.6. The Morgan fingerprint density at radius 2 is 1.58 bits per heavy atom. The summed E-state index contributed by atoms with van der Waals surface area (Å²) >= 11 is 0. The van der Waals surface area contributed by atoms with E-state index in [4.69, 9.17) is 4.74 Å². The van der Waals surface area contributed by atoms with Crippen molar-refractivity contribution in [3.05, 3.63) is 70.4 Å². The molecule has 0 aliphatic rings. The molecule has 1 heterocycles. The molecule has 7 heteroatoms. The van der Waals surface area contributed by atoms with Crippen molar-refractivity contribution in [1.29, 1.82) is 0 Å². The average Bonchev–Trinajstić information content (AvgIpc) is 2.73. The summed E-state index contributed by atoms with van der Waals surface area (Å²) < 4.78 is 5.17. The smallest absolute Gasteiger partial charge is 0.340 e. The zero-order valence-electron chi connectivity index (χ0n) is 18.0. The van der Waals surface area contributed by atoms with E-state index >= 15 is 0 Å². The standard InChI is InChI=1S/C24H25N3O4/c1-14-8-7-9-15(2)23(14)27-20(28)12-25-21(29)13-31-24(30)22-16(3)18-10-5-6-11-19(18)26-17(22)4/h5-11H,12-13H2,1-4H3,(H,25,29)(H,27,28). The molecule has 160 valence electrons. The average molecular weight is 419 g/mol. The molecule has 0 aliphatic heterocycles. The lowest BCUT2D eigenvalue weighted by atomic mass is 10.0. The summed E-state index contributed by atoms with van der Waals surface area (Å²) in [4.78, 5) is 41.2. The van der Waals surface area contributed by atoms with E-state index in [1.54, 1.807) is 6.92 Å². The van der Waals surface area contributed by atoms with Gasteiger partial charge in [-0.15, -0.1) is 0 Å². The number of aryl methyl sites for hydroxylation is 4. The molecule has 0 spiro atoms. The van der Waals surface area contributed by atoms with Crippen molar-refractivity contribution in [2.45, 2.75) is 27.7 Å². The lowest BCUT2D eigenvalue weighted by molar-refractivity contribution is -0.126. The Morgan fingerprint density at radius 1 is 0.903 bits per heavy atom. The van der Waals surface area contributed by atoms with Crippen LogP contribution in [0.15, 0.2) is 42.5 Å². The molecule has 0 unspecified atom stereocenters. The van der Waals surface area contributed by atoms with Crippen LogP contribution in [0.2, 0.25) is 0 Å². The minimum absolute atomic E-state index is 0.222. The van der Waals surface area contributed by atoms with Gasteiger partial charge in [0, 0.05) is 11.1 Å². The first-order valence-corrected chi connectivity index (χ1v) is 9.93. The summed E-state index contributed by atoms with van der Waals surface area (Å²) in [7, 11) is 0. The van der Waals surface area contributed by atoms with Gasteiger partial charge in [0.05, 0.1) is 23.3 Å². The Balaban J connectivity index is 1.56.